The van der Waals surface area contributed by atoms with E-state index in [1.54, 1.807) is 0 Å². The summed E-state index contributed by atoms with van der Waals surface area (Å²) < 4.78 is 5.55. The second-order valence-electron chi connectivity index (χ2n) is 5.09. The van der Waals surface area contributed by atoms with E-state index in [9.17, 15) is 0 Å². The molecule has 0 radical (unpaired) electrons. The summed E-state index contributed by atoms with van der Waals surface area (Å²) in [5, 5.41) is 0. The van der Waals surface area contributed by atoms with Crippen molar-refractivity contribution >= 4 is 23.0 Å². The third-order valence-corrected chi connectivity index (χ3v) is 3.35. The van der Waals surface area contributed by atoms with Crippen LogP contribution in [0.3, 0.4) is 0 Å². The minimum absolute atomic E-state index is 0.193. The molecule has 0 aliphatic carbocycles. The summed E-state index contributed by atoms with van der Waals surface area (Å²) in [4.78, 5) is 11.7. The molecule has 0 aromatic carbocycles. The van der Waals surface area contributed by atoms with E-state index in [2.05, 4.69) is 28.7 Å². The molecule has 5 nitrogen and oxygen atoms in total. The van der Waals surface area contributed by atoms with Crippen LogP contribution in [0.5, 0.6) is 0 Å². The fourth-order valence-corrected chi connectivity index (χ4v) is 2.17. The second-order valence-corrected chi connectivity index (χ2v) is 5.56. The zero-order valence-corrected chi connectivity index (χ0v) is 12.4. The number of anilines is 1. The fraction of sp³-hybridized carbons (Fsp3) is 0.615. The molecular formula is C13H20N4OS. The van der Waals surface area contributed by atoms with Crippen LogP contribution in [0.1, 0.15) is 31.3 Å². The molecule has 2 N–H and O–H groups in total. The Balaban J connectivity index is 2.23. The van der Waals surface area contributed by atoms with Crippen LogP contribution < -0.4 is 10.6 Å². The van der Waals surface area contributed by atoms with Crippen LogP contribution in [-0.2, 0) is 4.74 Å². The molecular weight excluding hydrogens is 260 g/mol. The minimum Gasteiger partial charge on any atom is -0.391 e. The molecule has 1 fully saturated rings. The monoisotopic (exact) mass is 280 g/mol. The van der Waals surface area contributed by atoms with E-state index in [-0.39, 0.29) is 6.10 Å². The molecule has 0 saturated carbocycles. The van der Waals surface area contributed by atoms with Gasteiger partial charge in [-0.3, -0.25) is 0 Å². The number of morpholine rings is 1. The van der Waals surface area contributed by atoms with Crippen LogP contribution in [0.25, 0.3) is 0 Å². The number of rotatable bonds is 3. The lowest BCUT2D eigenvalue weighted by Gasteiger charge is -2.33. The van der Waals surface area contributed by atoms with Crippen LogP contribution >= 0.6 is 12.2 Å². The van der Waals surface area contributed by atoms with Gasteiger partial charge in [-0.1, -0.05) is 26.1 Å². The highest BCUT2D eigenvalue weighted by molar-refractivity contribution is 7.80. The van der Waals surface area contributed by atoms with Gasteiger partial charge in [-0.2, -0.15) is 0 Å². The van der Waals surface area contributed by atoms with Crippen molar-refractivity contribution in [2.75, 3.05) is 24.6 Å². The molecule has 104 valence electrons. The Hall–Kier alpha value is -1.27. The third kappa shape index (κ3) is 3.39. The molecule has 2 rings (SSSR count). The molecule has 0 bridgehead atoms. The molecule has 6 heteroatoms. The second kappa shape index (κ2) is 5.79. The molecule has 1 aliphatic heterocycles. The first kappa shape index (κ1) is 14.1. The maximum Gasteiger partial charge on any atom is 0.133 e. The molecule has 0 spiro atoms. The lowest BCUT2D eigenvalue weighted by Crippen LogP contribution is -2.48. The van der Waals surface area contributed by atoms with Crippen molar-refractivity contribution in [1.29, 1.82) is 0 Å². The maximum absolute atomic E-state index is 5.66. The molecule has 1 unspecified atom stereocenters. The van der Waals surface area contributed by atoms with E-state index in [4.69, 9.17) is 22.7 Å². The van der Waals surface area contributed by atoms with Crippen molar-refractivity contribution in [3.63, 3.8) is 0 Å². The van der Waals surface area contributed by atoms with E-state index < -0.39 is 0 Å². The first-order valence-electron chi connectivity index (χ1n) is 6.49. The lowest BCUT2D eigenvalue weighted by molar-refractivity contribution is 0.0844. The predicted octanol–water partition coefficient (Wildman–Crippen LogP) is 1.40. The molecule has 19 heavy (non-hydrogen) atoms. The first-order valence-corrected chi connectivity index (χ1v) is 6.89. The first-order chi connectivity index (χ1) is 8.97. The Bertz CT molecular complexity index is 478. The van der Waals surface area contributed by atoms with Crippen molar-refractivity contribution < 1.29 is 4.74 Å². The number of aromatic nitrogens is 2. The van der Waals surface area contributed by atoms with Gasteiger partial charge in [0.15, 0.2) is 0 Å². The van der Waals surface area contributed by atoms with E-state index in [1.807, 2.05) is 13.0 Å². The maximum atomic E-state index is 5.66. The highest BCUT2D eigenvalue weighted by Crippen LogP contribution is 2.19. The number of ether oxygens (including phenoxy) is 1. The van der Waals surface area contributed by atoms with Crippen molar-refractivity contribution in [2.24, 2.45) is 5.73 Å². The molecule has 1 aromatic rings. The predicted molar refractivity (Wildman–Crippen MR) is 79.6 cm³/mol. The van der Waals surface area contributed by atoms with Crippen LogP contribution in [0.4, 0.5) is 5.82 Å². The van der Waals surface area contributed by atoms with Gasteiger partial charge >= 0.3 is 0 Å². The molecule has 1 atom stereocenters. The van der Waals surface area contributed by atoms with Crippen LogP contribution in [-0.4, -0.2) is 40.8 Å². The van der Waals surface area contributed by atoms with Crippen LogP contribution in [0, 0.1) is 6.92 Å². The Morgan fingerprint density at radius 1 is 1.53 bits per heavy atom. The number of nitrogens with zero attached hydrogens (tertiary/aromatic N) is 3. The summed E-state index contributed by atoms with van der Waals surface area (Å²) in [6, 6.07) is 1.99. The average Bonchev–Trinajstić information content (AvgIpc) is 2.38. The zero-order valence-electron chi connectivity index (χ0n) is 11.6. The summed E-state index contributed by atoms with van der Waals surface area (Å²) in [6.07, 6.45) is -0.193. The third-order valence-electron chi connectivity index (χ3n) is 3.08. The zero-order chi connectivity index (χ0) is 14.0. The topological polar surface area (TPSA) is 64.3 Å². The molecule has 1 aliphatic rings. The van der Waals surface area contributed by atoms with Crippen molar-refractivity contribution in [3.8, 4) is 0 Å². The van der Waals surface area contributed by atoms with Crippen molar-refractivity contribution in [1.82, 2.24) is 9.97 Å². The fourth-order valence-electron chi connectivity index (χ4n) is 2.02. The van der Waals surface area contributed by atoms with E-state index >= 15 is 0 Å². The summed E-state index contributed by atoms with van der Waals surface area (Å²) in [6.45, 7) is 8.24. The van der Waals surface area contributed by atoms with Gasteiger partial charge in [0.25, 0.3) is 0 Å². The van der Waals surface area contributed by atoms with Gasteiger partial charge in [0.05, 0.1) is 13.2 Å². The van der Waals surface area contributed by atoms with Gasteiger partial charge in [-0.25, -0.2) is 9.97 Å². The Morgan fingerprint density at radius 3 is 2.89 bits per heavy atom. The van der Waals surface area contributed by atoms with Gasteiger partial charge < -0.3 is 15.4 Å². The number of thiocarbonyl (C=S) groups is 1. The number of hydrogen-bond donors (Lipinski definition) is 1. The van der Waals surface area contributed by atoms with Crippen molar-refractivity contribution in [2.45, 2.75) is 32.8 Å². The highest BCUT2D eigenvalue weighted by atomic mass is 32.1. The standard InChI is InChI=1S/C13H20N4OS/c1-8(2)13-15-9(3)6-11(16-13)17-4-5-18-10(7-17)12(14)19/h6,8,10H,4-5,7H2,1-3H3,(H2,14,19). The Kier molecular flexibility index (Phi) is 4.31. The number of aryl methyl sites for hydroxylation is 1. The highest BCUT2D eigenvalue weighted by Gasteiger charge is 2.24. The molecule has 0 amide bonds. The molecule has 1 saturated heterocycles. The average molecular weight is 280 g/mol. The van der Waals surface area contributed by atoms with E-state index in [0.717, 1.165) is 23.9 Å². The summed E-state index contributed by atoms with van der Waals surface area (Å²) in [5.74, 6) is 2.11. The summed E-state index contributed by atoms with van der Waals surface area (Å²) in [5.41, 5.74) is 6.64. The molecule has 1 aromatic heterocycles. The minimum atomic E-state index is -0.193. The molecule has 2 heterocycles. The van der Waals surface area contributed by atoms with Crippen LogP contribution in [0.2, 0.25) is 0 Å². The smallest absolute Gasteiger partial charge is 0.133 e. The van der Waals surface area contributed by atoms with E-state index in [1.165, 1.54) is 0 Å². The number of hydrogen-bond acceptors (Lipinski definition) is 5. The van der Waals surface area contributed by atoms with Gasteiger partial charge in [0.2, 0.25) is 0 Å². The summed E-state index contributed by atoms with van der Waals surface area (Å²) >= 11 is 5.00. The Labute approximate surface area is 119 Å². The van der Waals surface area contributed by atoms with Crippen molar-refractivity contribution in [3.05, 3.63) is 17.6 Å². The quantitative estimate of drug-likeness (QED) is 0.844. The number of nitrogens with two attached hydrogens (primary N) is 1. The Morgan fingerprint density at radius 2 is 2.26 bits per heavy atom. The largest absolute Gasteiger partial charge is 0.391 e. The SMILES string of the molecule is Cc1cc(N2CCOC(C(N)=S)C2)nc(C(C)C)n1. The summed E-state index contributed by atoms with van der Waals surface area (Å²) in [7, 11) is 0. The van der Waals surface area contributed by atoms with Crippen LogP contribution in [0.15, 0.2) is 6.07 Å². The van der Waals surface area contributed by atoms with Gasteiger partial charge in [-0.05, 0) is 6.92 Å². The van der Waals surface area contributed by atoms with Gasteiger partial charge in [-0.15, -0.1) is 0 Å². The normalized spacial score (nSPS) is 19.8. The van der Waals surface area contributed by atoms with Gasteiger partial charge in [0.1, 0.15) is 22.7 Å². The van der Waals surface area contributed by atoms with E-state index in [0.29, 0.717) is 24.1 Å². The van der Waals surface area contributed by atoms with Gasteiger partial charge in [0, 0.05) is 24.2 Å². The lowest BCUT2D eigenvalue weighted by atomic mass is 10.2.